The highest BCUT2D eigenvalue weighted by Gasteiger charge is 2.12. The van der Waals surface area contributed by atoms with Crippen LogP contribution >= 0.6 is 0 Å². The van der Waals surface area contributed by atoms with Gasteiger partial charge in [-0.3, -0.25) is 9.11 Å². The normalized spacial score (nSPS) is 9.87. The molecule has 6 nitrogen and oxygen atoms in total. The molecule has 8 heteroatoms. The number of rotatable bonds is 2. The molecule has 0 saturated heterocycles. The molecule has 3 rings (SSSR count). The number of hydrogen-bond donors (Lipinski definition) is 2. The zero-order valence-electron chi connectivity index (χ0n) is 18.3. The van der Waals surface area contributed by atoms with Gasteiger partial charge in [0.1, 0.15) is 4.90 Å². The van der Waals surface area contributed by atoms with Crippen LogP contribution in [0.5, 0.6) is 0 Å². The average Bonchev–Trinajstić information content (AvgIpc) is 2.77. The Bertz CT molecular complexity index is 1040. The summed E-state index contributed by atoms with van der Waals surface area (Å²) in [6.07, 6.45) is 0. The van der Waals surface area contributed by atoms with E-state index in [1.807, 2.05) is 47.6 Å². The van der Waals surface area contributed by atoms with Crippen LogP contribution in [0.3, 0.4) is 0 Å². The van der Waals surface area contributed by atoms with Crippen molar-refractivity contribution in [2.24, 2.45) is 0 Å². The fourth-order valence-electron chi connectivity index (χ4n) is 2.01. The van der Waals surface area contributed by atoms with Gasteiger partial charge in [0.15, 0.2) is 0 Å². The quantitative estimate of drug-likeness (QED) is 0.451. The van der Waals surface area contributed by atoms with Gasteiger partial charge in [0.25, 0.3) is 20.2 Å². The molecular weight excluding hydrogens is 424 g/mol. The van der Waals surface area contributed by atoms with E-state index >= 15 is 0 Å². The molecule has 0 aliphatic carbocycles. The Kier molecular flexibility index (Phi) is 15.5. The van der Waals surface area contributed by atoms with Crippen LogP contribution in [0.25, 0.3) is 10.8 Å². The van der Waals surface area contributed by atoms with E-state index in [0.29, 0.717) is 5.39 Å². The molecule has 168 valence electrons. The van der Waals surface area contributed by atoms with Gasteiger partial charge in [-0.25, -0.2) is 0 Å². The molecule has 2 N–H and O–H groups in total. The van der Waals surface area contributed by atoms with Crippen LogP contribution in [0.1, 0.15) is 41.5 Å². The number of benzene rings is 3. The summed E-state index contributed by atoms with van der Waals surface area (Å²) < 4.78 is 60.2. The Balaban J connectivity index is 0. The molecular formula is C22H32O6S2. The maximum atomic E-state index is 11.0. The first-order valence-electron chi connectivity index (χ1n) is 9.67. The van der Waals surface area contributed by atoms with Crippen molar-refractivity contribution in [3.8, 4) is 0 Å². The van der Waals surface area contributed by atoms with Gasteiger partial charge in [0.2, 0.25) is 0 Å². The summed E-state index contributed by atoms with van der Waals surface area (Å²) in [6.45, 7) is 12.0. The molecule has 0 spiro atoms. The van der Waals surface area contributed by atoms with Crippen molar-refractivity contribution in [1.29, 1.82) is 0 Å². The minimum atomic E-state index is -4.13. The second-order valence-corrected chi connectivity index (χ2v) is 7.55. The molecule has 0 bridgehead atoms. The number of fused-ring (bicyclic) bond motifs is 1. The van der Waals surface area contributed by atoms with Crippen LogP contribution in [-0.4, -0.2) is 25.9 Å². The van der Waals surface area contributed by atoms with Gasteiger partial charge in [-0.15, -0.1) is 0 Å². The lowest BCUT2D eigenvalue weighted by molar-refractivity contribution is 0.481. The molecule has 0 unspecified atom stereocenters. The van der Waals surface area contributed by atoms with E-state index in [0.717, 1.165) is 5.39 Å². The van der Waals surface area contributed by atoms with E-state index in [1.54, 1.807) is 48.5 Å². The molecule has 0 amide bonds. The summed E-state index contributed by atoms with van der Waals surface area (Å²) in [5, 5.41) is 1.33. The van der Waals surface area contributed by atoms with Crippen LogP contribution in [0.4, 0.5) is 0 Å². The van der Waals surface area contributed by atoms with Crippen molar-refractivity contribution >= 4 is 31.0 Å². The van der Waals surface area contributed by atoms with Gasteiger partial charge < -0.3 is 0 Å². The van der Waals surface area contributed by atoms with Crippen LogP contribution in [0.15, 0.2) is 82.6 Å². The van der Waals surface area contributed by atoms with Gasteiger partial charge in [0.05, 0.1) is 4.90 Å². The average molecular weight is 457 g/mol. The van der Waals surface area contributed by atoms with Gasteiger partial charge in [-0.05, 0) is 23.6 Å². The Labute approximate surface area is 181 Å². The van der Waals surface area contributed by atoms with Gasteiger partial charge in [-0.1, -0.05) is 96.1 Å². The standard InChI is InChI=1S/C10H8O3S.C6H6O3S.3C2H6/c11-14(12,13)10-7-3-5-8-4-1-2-6-9(8)10;7-10(8,9)6-4-2-1-3-5-6;3*1-2/h1-7H,(H,11,12,13);1-5H,(H,7,8,9);3*1-2H3. The largest absolute Gasteiger partial charge is 0.295 e. The minimum Gasteiger partial charge on any atom is -0.282 e. The minimum absolute atomic E-state index is 0.0457. The maximum absolute atomic E-state index is 11.0. The van der Waals surface area contributed by atoms with Crippen LogP contribution < -0.4 is 0 Å². The fraction of sp³-hybridized carbons (Fsp3) is 0.273. The Morgan fingerprint density at radius 1 is 0.533 bits per heavy atom. The van der Waals surface area contributed by atoms with Crippen LogP contribution in [0, 0.1) is 0 Å². The highest BCUT2D eigenvalue weighted by atomic mass is 32.2. The zero-order valence-corrected chi connectivity index (χ0v) is 19.9. The molecule has 0 heterocycles. The molecule has 0 atom stereocenters. The lowest BCUT2D eigenvalue weighted by Gasteiger charge is -2.02. The Morgan fingerprint density at radius 3 is 1.40 bits per heavy atom. The Hall–Kier alpha value is -2.26. The third-order valence-corrected chi connectivity index (χ3v) is 4.85. The molecule has 30 heavy (non-hydrogen) atoms. The van der Waals surface area contributed by atoms with Crippen molar-refractivity contribution in [3.05, 3.63) is 72.8 Å². The van der Waals surface area contributed by atoms with Crippen molar-refractivity contribution in [2.75, 3.05) is 0 Å². The number of hydrogen-bond acceptors (Lipinski definition) is 4. The van der Waals surface area contributed by atoms with Crippen molar-refractivity contribution in [2.45, 2.75) is 51.3 Å². The van der Waals surface area contributed by atoms with Crippen molar-refractivity contribution in [1.82, 2.24) is 0 Å². The molecule has 3 aromatic rings. The Morgan fingerprint density at radius 2 is 0.967 bits per heavy atom. The smallest absolute Gasteiger partial charge is 0.282 e. The first kappa shape index (κ1) is 29.9. The summed E-state index contributed by atoms with van der Waals surface area (Å²) in [5.74, 6) is 0. The fourth-order valence-corrected chi connectivity index (χ4v) is 3.23. The van der Waals surface area contributed by atoms with Gasteiger partial charge >= 0.3 is 0 Å². The third kappa shape index (κ3) is 10.5. The SMILES string of the molecule is CC.CC.CC.O=S(=O)(O)c1cccc2ccccc12.O=S(=O)(O)c1ccccc1. The predicted octanol–water partition coefficient (Wildman–Crippen LogP) is 6.10. The van der Waals surface area contributed by atoms with Crippen LogP contribution in [0.2, 0.25) is 0 Å². The molecule has 0 saturated carbocycles. The van der Waals surface area contributed by atoms with E-state index in [9.17, 15) is 16.8 Å². The molecule has 0 aromatic heterocycles. The van der Waals surface area contributed by atoms with Gasteiger partial charge in [-0.2, -0.15) is 16.8 Å². The second-order valence-electron chi connectivity index (χ2n) is 4.74. The lowest BCUT2D eigenvalue weighted by Crippen LogP contribution is -1.98. The summed E-state index contributed by atoms with van der Waals surface area (Å²) in [4.78, 5) is -0.120. The highest BCUT2D eigenvalue weighted by molar-refractivity contribution is 7.86. The highest BCUT2D eigenvalue weighted by Crippen LogP contribution is 2.22. The first-order valence-corrected chi connectivity index (χ1v) is 12.6. The predicted molar refractivity (Wildman–Crippen MR) is 124 cm³/mol. The molecule has 0 aliphatic heterocycles. The maximum Gasteiger partial charge on any atom is 0.295 e. The van der Waals surface area contributed by atoms with Crippen molar-refractivity contribution in [3.63, 3.8) is 0 Å². The van der Waals surface area contributed by atoms with Gasteiger partial charge in [0, 0.05) is 5.39 Å². The topological polar surface area (TPSA) is 109 Å². The summed E-state index contributed by atoms with van der Waals surface area (Å²) in [5.41, 5.74) is 0. The summed E-state index contributed by atoms with van der Waals surface area (Å²) >= 11 is 0. The summed E-state index contributed by atoms with van der Waals surface area (Å²) in [7, 11) is -8.13. The lowest BCUT2D eigenvalue weighted by atomic mass is 10.1. The third-order valence-electron chi connectivity index (χ3n) is 3.07. The monoisotopic (exact) mass is 456 g/mol. The van der Waals surface area contributed by atoms with Crippen molar-refractivity contribution < 1.29 is 25.9 Å². The first-order chi connectivity index (χ1) is 14.2. The zero-order chi connectivity index (χ0) is 23.8. The van der Waals surface area contributed by atoms with Crippen LogP contribution in [-0.2, 0) is 20.2 Å². The molecule has 0 aliphatic rings. The molecule has 0 fully saturated rings. The van der Waals surface area contributed by atoms with E-state index < -0.39 is 20.2 Å². The summed E-state index contributed by atoms with van der Waals surface area (Å²) in [6, 6.07) is 19.2. The van der Waals surface area contributed by atoms with E-state index in [4.69, 9.17) is 9.11 Å². The van der Waals surface area contributed by atoms with E-state index in [1.165, 1.54) is 18.2 Å². The van der Waals surface area contributed by atoms with E-state index in [2.05, 4.69) is 0 Å². The second kappa shape index (κ2) is 15.6. The molecule has 0 radical (unpaired) electrons. The molecule has 3 aromatic carbocycles. The van der Waals surface area contributed by atoms with E-state index in [-0.39, 0.29) is 9.79 Å².